The molecule has 2 heterocycles. The smallest absolute Gasteiger partial charge is 0.305 e. The lowest BCUT2D eigenvalue weighted by Gasteiger charge is -1.97. The monoisotopic (exact) mass is 228 g/mol. The Kier molecular flexibility index (Phi) is 5.68. The minimum atomic E-state index is -0.148. The lowest BCUT2D eigenvalue weighted by atomic mass is 10.5. The maximum absolute atomic E-state index is 10.5. The number of terminal acetylenes is 1. The molecule has 0 N–H and O–H groups in total. The summed E-state index contributed by atoms with van der Waals surface area (Å²) in [6.07, 6.45) is 7.77. The summed E-state index contributed by atoms with van der Waals surface area (Å²) in [6.45, 7) is 4.32. The Bertz CT molecular complexity index is 250. The molecule has 2 aliphatic rings. The number of carbonyl (C=O) groups is 1. The van der Waals surface area contributed by atoms with Gasteiger partial charge in [-0.2, -0.15) is 0 Å². The Morgan fingerprint density at radius 2 is 1.94 bits per heavy atom. The molecule has 5 nitrogen and oxygen atoms in total. The maximum Gasteiger partial charge on any atom is 0.305 e. The number of carbonyl (C=O) groups excluding carboxylic acids is 1. The Morgan fingerprint density at radius 3 is 2.38 bits per heavy atom. The van der Waals surface area contributed by atoms with Crippen LogP contribution in [0.2, 0.25) is 0 Å². The second-order valence-electron chi connectivity index (χ2n) is 3.38. The van der Waals surface area contributed by atoms with Crippen LogP contribution in [0.3, 0.4) is 0 Å². The van der Waals surface area contributed by atoms with Gasteiger partial charge in [-0.05, 0) is 0 Å². The molecule has 0 saturated carbocycles. The molecule has 5 heteroatoms. The van der Waals surface area contributed by atoms with Gasteiger partial charge >= 0.3 is 5.97 Å². The highest BCUT2D eigenvalue weighted by molar-refractivity contribution is 5.68. The Labute approximate surface area is 95.0 Å². The van der Waals surface area contributed by atoms with Crippen molar-refractivity contribution < 1.29 is 23.7 Å². The Morgan fingerprint density at radius 1 is 1.38 bits per heavy atom. The summed E-state index contributed by atoms with van der Waals surface area (Å²) in [5, 5.41) is 0. The van der Waals surface area contributed by atoms with Crippen LogP contribution in [-0.4, -0.2) is 44.6 Å². The van der Waals surface area contributed by atoms with Crippen molar-refractivity contribution in [1.29, 1.82) is 0 Å². The van der Waals surface area contributed by atoms with Gasteiger partial charge < -0.3 is 18.9 Å². The van der Waals surface area contributed by atoms with Gasteiger partial charge in [-0.1, -0.05) is 13.3 Å². The van der Waals surface area contributed by atoms with Gasteiger partial charge in [0.15, 0.2) is 0 Å². The van der Waals surface area contributed by atoms with E-state index in [-0.39, 0.29) is 18.2 Å². The third-order valence-electron chi connectivity index (χ3n) is 1.88. The number of esters is 1. The highest BCUT2D eigenvalue weighted by atomic mass is 16.6. The highest BCUT2D eigenvalue weighted by Gasteiger charge is 2.23. The van der Waals surface area contributed by atoms with Crippen LogP contribution in [0.25, 0.3) is 0 Å². The standard InChI is InChI=1S/C6H10O3.C5H6O2/c1-2-6(7)9-4-5-3-8-5;1-2-6-3-5-4-7-5/h5H,2-4H2,1H3;1,5H,3-4H2. The van der Waals surface area contributed by atoms with Crippen LogP contribution >= 0.6 is 0 Å². The van der Waals surface area contributed by atoms with Crippen molar-refractivity contribution >= 4 is 5.97 Å². The van der Waals surface area contributed by atoms with Crippen molar-refractivity contribution in [2.75, 3.05) is 26.4 Å². The lowest BCUT2D eigenvalue weighted by Crippen LogP contribution is -2.07. The summed E-state index contributed by atoms with van der Waals surface area (Å²) in [6, 6.07) is 0. The third kappa shape index (κ3) is 7.10. The molecule has 0 aromatic rings. The summed E-state index contributed by atoms with van der Waals surface area (Å²) in [7, 11) is 0. The second kappa shape index (κ2) is 7.09. The molecule has 90 valence electrons. The molecule has 0 amide bonds. The van der Waals surface area contributed by atoms with Crippen LogP contribution < -0.4 is 0 Å². The molecule has 2 atom stereocenters. The summed E-state index contributed by atoms with van der Waals surface area (Å²) in [5.74, 6) is -0.148. The van der Waals surface area contributed by atoms with Gasteiger partial charge in [0.05, 0.1) is 13.2 Å². The molecule has 2 aliphatic heterocycles. The summed E-state index contributed by atoms with van der Waals surface area (Å²) in [4.78, 5) is 10.5. The van der Waals surface area contributed by atoms with Gasteiger partial charge in [0, 0.05) is 6.42 Å². The topological polar surface area (TPSA) is 60.6 Å². The van der Waals surface area contributed by atoms with Gasteiger partial charge in [0.25, 0.3) is 0 Å². The van der Waals surface area contributed by atoms with Crippen molar-refractivity contribution in [1.82, 2.24) is 0 Å². The van der Waals surface area contributed by atoms with Crippen molar-refractivity contribution in [3.63, 3.8) is 0 Å². The average molecular weight is 228 g/mol. The maximum atomic E-state index is 10.5. The van der Waals surface area contributed by atoms with E-state index in [1.54, 1.807) is 6.92 Å². The van der Waals surface area contributed by atoms with E-state index in [2.05, 4.69) is 10.8 Å². The van der Waals surface area contributed by atoms with Crippen LogP contribution in [0.15, 0.2) is 0 Å². The van der Waals surface area contributed by atoms with E-state index in [4.69, 9.17) is 20.6 Å². The molecule has 0 aromatic carbocycles. The van der Waals surface area contributed by atoms with Gasteiger partial charge in [-0.25, -0.2) is 0 Å². The summed E-state index contributed by atoms with van der Waals surface area (Å²) >= 11 is 0. The fraction of sp³-hybridized carbons (Fsp3) is 0.727. The molecule has 0 bridgehead atoms. The van der Waals surface area contributed by atoms with Gasteiger partial charge in [-0.15, -0.1) is 0 Å². The average Bonchev–Trinajstić information content (AvgIpc) is 3.18. The molecule has 0 aromatic heterocycles. The molecule has 0 aliphatic carbocycles. The number of epoxide rings is 2. The molecule has 16 heavy (non-hydrogen) atoms. The van der Waals surface area contributed by atoms with Crippen LogP contribution in [0.1, 0.15) is 13.3 Å². The predicted molar refractivity (Wildman–Crippen MR) is 55.5 cm³/mol. The zero-order chi connectivity index (χ0) is 11.8. The number of hydrogen-bond acceptors (Lipinski definition) is 5. The Balaban J connectivity index is 0.000000165. The van der Waals surface area contributed by atoms with Crippen molar-refractivity contribution in [3.05, 3.63) is 0 Å². The SMILES string of the molecule is C#COCC1CO1.CCC(=O)OCC1CO1. The van der Waals surface area contributed by atoms with E-state index in [0.717, 1.165) is 13.2 Å². The molecule has 0 radical (unpaired) electrons. The first-order chi connectivity index (χ1) is 7.76. The lowest BCUT2D eigenvalue weighted by molar-refractivity contribution is -0.143. The van der Waals surface area contributed by atoms with E-state index < -0.39 is 0 Å². The fourth-order valence-corrected chi connectivity index (χ4v) is 0.758. The summed E-state index contributed by atoms with van der Waals surface area (Å²) < 4.78 is 18.9. The van der Waals surface area contributed by atoms with E-state index in [1.807, 2.05) is 0 Å². The second-order valence-corrected chi connectivity index (χ2v) is 3.38. The largest absolute Gasteiger partial charge is 0.463 e. The van der Waals surface area contributed by atoms with E-state index in [1.165, 1.54) is 0 Å². The van der Waals surface area contributed by atoms with E-state index in [9.17, 15) is 4.79 Å². The quantitative estimate of drug-likeness (QED) is 0.385. The molecular weight excluding hydrogens is 212 g/mol. The van der Waals surface area contributed by atoms with Crippen LogP contribution in [0.5, 0.6) is 0 Å². The molecular formula is C11H16O5. The van der Waals surface area contributed by atoms with Gasteiger partial charge in [0.1, 0.15) is 31.5 Å². The molecule has 2 saturated heterocycles. The van der Waals surface area contributed by atoms with Crippen LogP contribution in [-0.2, 0) is 23.7 Å². The molecule has 2 unspecified atom stereocenters. The normalized spacial score (nSPS) is 24.5. The predicted octanol–water partition coefficient (Wildman–Crippen LogP) is 0.331. The van der Waals surface area contributed by atoms with Crippen molar-refractivity contribution in [2.45, 2.75) is 25.6 Å². The third-order valence-corrected chi connectivity index (χ3v) is 1.88. The number of ether oxygens (including phenoxy) is 4. The van der Waals surface area contributed by atoms with Gasteiger partial charge in [-0.3, -0.25) is 4.79 Å². The van der Waals surface area contributed by atoms with Crippen molar-refractivity contribution in [3.8, 4) is 12.5 Å². The first-order valence-electron chi connectivity index (χ1n) is 5.22. The number of rotatable bonds is 5. The molecule has 2 fully saturated rings. The van der Waals surface area contributed by atoms with Gasteiger partial charge in [0.2, 0.25) is 0 Å². The van der Waals surface area contributed by atoms with Crippen LogP contribution in [0, 0.1) is 12.5 Å². The minimum Gasteiger partial charge on any atom is -0.463 e. The van der Waals surface area contributed by atoms with Crippen molar-refractivity contribution in [2.24, 2.45) is 0 Å². The number of hydrogen-bond donors (Lipinski definition) is 0. The Hall–Kier alpha value is -1.25. The first kappa shape index (κ1) is 12.8. The zero-order valence-electron chi connectivity index (χ0n) is 9.31. The first-order valence-corrected chi connectivity index (χ1v) is 5.22. The fourth-order valence-electron chi connectivity index (χ4n) is 0.758. The molecule has 0 spiro atoms. The summed E-state index contributed by atoms with van der Waals surface area (Å²) in [5.41, 5.74) is 0. The minimum absolute atomic E-state index is 0.148. The zero-order valence-corrected chi connectivity index (χ0v) is 9.31. The highest BCUT2D eigenvalue weighted by Crippen LogP contribution is 2.08. The van der Waals surface area contributed by atoms with Crippen LogP contribution in [0.4, 0.5) is 0 Å². The van der Waals surface area contributed by atoms with E-state index in [0.29, 0.717) is 19.6 Å². The molecule has 2 rings (SSSR count). The van der Waals surface area contributed by atoms with E-state index >= 15 is 0 Å².